The van der Waals surface area contributed by atoms with Gasteiger partial charge in [0.2, 0.25) is 0 Å². The molecule has 1 fully saturated rings. The first-order valence-corrected chi connectivity index (χ1v) is 9.41. The number of amides is 1. The first kappa shape index (κ1) is 18.7. The number of aromatic nitrogens is 1. The highest BCUT2D eigenvalue weighted by Gasteiger charge is 2.22. The Balaban J connectivity index is 1.88. The van der Waals surface area contributed by atoms with Gasteiger partial charge in [-0.15, -0.1) is 0 Å². The Morgan fingerprint density at radius 2 is 2.27 bits per heavy atom. The number of rotatable bonds is 6. The Morgan fingerprint density at radius 1 is 1.46 bits per heavy atom. The van der Waals surface area contributed by atoms with Crippen LogP contribution in [0.5, 0.6) is 11.5 Å². The van der Waals surface area contributed by atoms with Crippen LogP contribution in [-0.2, 0) is 4.74 Å². The van der Waals surface area contributed by atoms with E-state index in [0.29, 0.717) is 32.6 Å². The average molecular weight is 396 g/mol. The van der Waals surface area contributed by atoms with Crippen LogP contribution in [0, 0.1) is 3.95 Å². The third-order valence-corrected chi connectivity index (χ3v) is 5.58. The van der Waals surface area contributed by atoms with Crippen molar-refractivity contribution >= 4 is 35.3 Å². The van der Waals surface area contributed by atoms with E-state index in [-0.39, 0.29) is 17.8 Å². The maximum atomic E-state index is 12.5. The Morgan fingerprint density at radius 3 is 2.92 bits per heavy atom. The van der Waals surface area contributed by atoms with Gasteiger partial charge in [0.1, 0.15) is 22.2 Å². The van der Waals surface area contributed by atoms with E-state index in [1.165, 1.54) is 11.3 Å². The molecule has 0 saturated carbocycles. The molecule has 1 saturated heterocycles. The zero-order chi connectivity index (χ0) is 18.7. The predicted molar refractivity (Wildman–Crippen MR) is 103 cm³/mol. The van der Waals surface area contributed by atoms with Crippen LogP contribution in [0.15, 0.2) is 18.2 Å². The number of hydrogen-bond acceptors (Lipinski definition) is 7. The number of nitrogens with one attached hydrogen (secondary N) is 1. The van der Waals surface area contributed by atoms with Gasteiger partial charge in [0.15, 0.2) is 3.95 Å². The number of carbonyl (C=O) groups excluding carboxylic acids is 1. The third kappa shape index (κ3) is 3.69. The summed E-state index contributed by atoms with van der Waals surface area (Å²) < 4.78 is 18.3. The molecule has 2 heterocycles. The molecular weight excluding hydrogens is 374 g/mol. The first-order chi connectivity index (χ1) is 12.5. The lowest BCUT2D eigenvalue weighted by Crippen LogP contribution is -2.31. The van der Waals surface area contributed by atoms with Crippen LogP contribution >= 0.6 is 23.6 Å². The standard InChI is InChI=1S/C17H21N3O4S2/c1-22-10-5-6-12(13(8-10)23-2)20-15(18)14(26-17(20)25)16(21)19-9-11-4-3-7-24-11/h5-6,8,11H,3-4,7,9,18H2,1-2H3,(H,19,21)/t11-/m1/s1. The van der Waals surface area contributed by atoms with Crippen molar-refractivity contribution in [1.29, 1.82) is 0 Å². The number of nitrogens with two attached hydrogens (primary N) is 1. The molecule has 0 spiro atoms. The van der Waals surface area contributed by atoms with Gasteiger partial charge in [-0.1, -0.05) is 11.3 Å². The van der Waals surface area contributed by atoms with Crippen LogP contribution in [-0.4, -0.2) is 43.9 Å². The number of thiazole rings is 1. The summed E-state index contributed by atoms with van der Waals surface area (Å²) in [5.74, 6) is 1.24. The fourth-order valence-corrected chi connectivity index (χ4v) is 4.11. The molecule has 0 unspecified atom stereocenters. The van der Waals surface area contributed by atoms with Crippen molar-refractivity contribution in [3.8, 4) is 17.2 Å². The van der Waals surface area contributed by atoms with Crippen molar-refractivity contribution in [3.63, 3.8) is 0 Å². The van der Waals surface area contributed by atoms with Gasteiger partial charge >= 0.3 is 0 Å². The third-order valence-electron chi connectivity index (χ3n) is 4.19. The Bertz CT molecular complexity index is 856. The molecule has 1 atom stereocenters. The molecule has 3 rings (SSSR count). The molecule has 1 aromatic carbocycles. The fourth-order valence-electron chi connectivity index (χ4n) is 2.84. The quantitative estimate of drug-likeness (QED) is 0.732. The number of nitrogens with zero attached hydrogens (tertiary/aromatic N) is 1. The van der Waals surface area contributed by atoms with Gasteiger partial charge in [0.05, 0.1) is 26.0 Å². The Kier molecular flexibility index (Phi) is 5.80. The maximum Gasteiger partial charge on any atom is 0.265 e. The minimum atomic E-state index is -0.250. The van der Waals surface area contributed by atoms with Crippen molar-refractivity contribution in [1.82, 2.24) is 9.88 Å². The van der Waals surface area contributed by atoms with Crippen LogP contribution in [0.1, 0.15) is 22.5 Å². The normalized spacial score (nSPS) is 16.5. The molecular formula is C17H21N3O4S2. The van der Waals surface area contributed by atoms with Crippen LogP contribution in [0.2, 0.25) is 0 Å². The second-order valence-electron chi connectivity index (χ2n) is 5.80. The lowest BCUT2D eigenvalue weighted by molar-refractivity contribution is 0.0861. The smallest absolute Gasteiger partial charge is 0.265 e. The highest BCUT2D eigenvalue weighted by atomic mass is 32.1. The molecule has 2 aromatic rings. The summed E-state index contributed by atoms with van der Waals surface area (Å²) in [6.07, 6.45) is 2.04. The first-order valence-electron chi connectivity index (χ1n) is 8.18. The van der Waals surface area contributed by atoms with E-state index >= 15 is 0 Å². The molecule has 7 nitrogen and oxygen atoms in total. The average Bonchev–Trinajstić information content (AvgIpc) is 3.27. The van der Waals surface area contributed by atoms with E-state index in [2.05, 4.69) is 5.32 Å². The molecule has 1 aliphatic heterocycles. The predicted octanol–water partition coefficient (Wildman–Crippen LogP) is 2.78. The summed E-state index contributed by atoms with van der Waals surface area (Å²) in [4.78, 5) is 12.9. The topological polar surface area (TPSA) is 87.7 Å². The molecule has 0 radical (unpaired) electrons. The molecule has 140 valence electrons. The van der Waals surface area contributed by atoms with Crippen molar-refractivity contribution in [2.24, 2.45) is 0 Å². The summed E-state index contributed by atoms with van der Waals surface area (Å²) in [5, 5.41) is 2.88. The summed E-state index contributed by atoms with van der Waals surface area (Å²) in [5.41, 5.74) is 6.90. The maximum absolute atomic E-state index is 12.5. The molecule has 1 amide bonds. The minimum absolute atomic E-state index is 0.0666. The van der Waals surface area contributed by atoms with Gasteiger partial charge < -0.3 is 25.3 Å². The van der Waals surface area contributed by atoms with E-state index in [9.17, 15) is 4.79 Å². The second kappa shape index (κ2) is 8.07. The summed E-state index contributed by atoms with van der Waals surface area (Å²) >= 11 is 6.60. The SMILES string of the molecule is COc1ccc(-n2c(N)c(C(=O)NC[C@H]3CCCO3)sc2=S)c(OC)c1. The zero-order valence-corrected chi connectivity index (χ0v) is 16.2. The van der Waals surface area contributed by atoms with Crippen LogP contribution in [0.25, 0.3) is 5.69 Å². The van der Waals surface area contributed by atoms with Gasteiger partial charge in [-0.3, -0.25) is 9.36 Å². The van der Waals surface area contributed by atoms with Gasteiger partial charge in [-0.25, -0.2) is 0 Å². The minimum Gasteiger partial charge on any atom is -0.497 e. The largest absolute Gasteiger partial charge is 0.497 e. The molecule has 1 aromatic heterocycles. The van der Waals surface area contributed by atoms with E-state index in [1.54, 1.807) is 37.0 Å². The number of carbonyl (C=O) groups is 1. The molecule has 0 aliphatic carbocycles. The van der Waals surface area contributed by atoms with Crippen molar-refractivity contribution < 1.29 is 19.0 Å². The van der Waals surface area contributed by atoms with Crippen LogP contribution in [0.3, 0.4) is 0 Å². The van der Waals surface area contributed by atoms with Crippen molar-refractivity contribution in [3.05, 3.63) is 27.0 Å². The molecule has 9 heteroatoms. The zero-order valence-electron chi connectivity index (χ0n) is 14.6. The van der Waals surface area contributed by atoms with Crippen LogP contribution in [0.4, 0.5) is 5.82 Å². The molecule has 3 N–H and O–H groups in total. The number of methoxy groups -OCH3 is 2. The van der Waals surface area contributed by atoms with Crippen molar-refractivity contribution in [2.75, 3.05) is 33.1 Å². The number of benzene rings is 1. The highest BCUT2D eigenvalue weighted by Crippen LogP contribution is 2.33. The Hall–Kier alpha value is -2.10. The lowest BCUT2D eigenvalue weighted by Gasteiger charge is -2.13. The van der Waals surface area contributed by atoms with E-state index in [1.807, 2.05) is 0 Å². The molecule has 0 bridgehead atoms. The number of hydrogen-bond donors (Lipinski definition) is 2. The molecule has 26 heavy (non-hydrogen) atoms. The van der Waals surface area contributed by atoms with Gasteiger partial charge in [0.25, 0.3) is 5.91 Å². The number of nitrogen functional groups attached to an aromatic ring is 1. The lowest BCUT2D eigenvalue weighted by atomic mass is 10.2. The number of ether oxygens (including phenoxy) is 3. The summed E-state index contributed by atoms with van der Waals surface area (Å²) in [6.45, 7) is 1.21. The Labute approximate surface area is 160 Å². The van der Waals surface area contributed by atoms with E-state index in [4.69, 9.17) is 32.2 Å². The second-order valence-corrected chi connectivity index (χ2v) is 7.44. The highest BCUT2D eigenvalue weighted by molar-refractivity contribution is 7.73. The summed E-state index contributed by atoms with van der Waals surface area (Å²) in [7, 11) is 3.13. The van der Waals surface area contributed by atoms with E-state index < -0.39 is 0 Å². The monoisotopic (exact) mass is 395 g/mol. The van der Waals surface area contributed by atoms with Gasteiger partial charge in [0, 0.05) is 19.2 Å². The van der Waals surface area contributed by atoms with Crippen LogP contribution < -0.4 is 20.5 Å². The number of anilines is 1. The van der Waals surface area contributed by atoms with Gasteiger partial charge in [-0.2, -0.15) is 0 Å². The molecule has 1 aliphatic rings. The fraction of sp³-hybridized carbons (Fsp3) is 0.412. The van der Waals surface area contributed by atoms with Gasteiger partial charge in [-0.05, 0) is 37.2 Å². The van der Waals surface area contributed by atoms with E-state index in [0.717, 1.165) is 19.4 Å². The summed E-state index contributed by atoms with van der Waals surface area (Å²) in [6, 6.07) is 5.32. The van der Waals surface area contributed by atoms with Crippen molar-refractivity contribution in [2.45, 2.75) is 18.9 Å².